The number of aliphatic carboxylic acids is 1. The van der Waals surface area contributed by atoms with Crippen molar-refractivity contribution < 1.29 is 42.2 Å². The van der Waals surface area contributed by atoms with Crippen LogP contribution in [0.25, 0.3) is 11.1 Å². The summed E-state index contributed by atoms with van der Waals surface area (Å²) in [6.45, 7) is -1.89. The van der Waals surface area contributed by atoms with Gasteiger partial charge in [-0.3, -0.25) is 14.4 Å². The highest BCUT2D eigenvalue weighted by Gasteiger charge is 2.45. The van der Waals surface area contributed by atoms with E-state index in [0.29, 0.717) is 34.9 Å². The van der Waals surface area contributed by atoms with Gasteiger partial charge in [0, 0.05) is 34.2 Å². The molecule has 5 aromatic rings. The molecule has 19 heteroatoms. The van der Waals surface area contributed by atoms with Crippen LogP contribution in [0.4, 0.5) is 42.1 Å². The van der Waals surface area contributed by atoms with E-state index in [1.807, 2.05) is 24.3 Å². The molecule has 0 radical (unpaired) electrons. The quantitative estimate of drug-likeness (QED) is 0.0486. The second kappa shape index (κ2) is 17.5. The number of carboxylic acids is 1. The molecule has 58 heavy (non-hydrogen) atoms. The summed E-state index contributed by atoms with van der Waals surface area (Å²) in [6.07, 6.45) is -3.50. The lowest BCUT2D eigenvalue weighted by Crippen LogP contribution is -2.44. The summed E-state index contributed by atoms with van der Waals surface area (Å²) in [5.74, 6) is -4.31. The molecule has 1 aromatic heterocycles. The van der Waals surface area contributed by atoms with Gasteiger partial charge in [0.05, 0.1) is 5.54 Å². The number of aromatic nitrogens is 3. The number of benzene rings is 4. The number of amides is 3. The first-order chi connectivity index (χ1) is 27.6. The Morgan fingerprint density at radius 2 is 1.41 bits per heavy atom. The van der Waals surface area contributed by atoms with Gasteiger partial charge in [0.1, 0.15) is 6.04 Å². The zero-order chi connectivity index (χ0) is 41.5. The Balaban J connectivity index is 1.02. The van der Waals surface area contributed by atoms with Gasteiger partial charge in [-0.25, -0.2) is 4.79 Å². The number of nitrogens with two attached hydrogens (primary N) is 1. The first-order valence-electron chi connectivity index (χ1n) is 17.6. The van der Waals surface area contributed by atoms with E-state index in [-0.39, 0.29) is 30.4 Å². The molecule has 300 valence electrons. The molecule has 6 rings (SSSR count). The summed E-state index contributed by atoms with van der Waals surface area (Å²) in [4.78, 5) is 62.1. The van der Waals surface area contributed by atoms with Gasteiger partial charge < -0.3 is 42.2 Å². The van der Waals surface area contributed by atoms with E-state index in [4.69, 9.17) is 22.1 Å². The van der Waals surface area contributed by atoms with Gasteiger partial charge in [0.25, 0.3) is 5.91 Å². The summed E-state index contributed by atoms with van der Waals surface area (Å²) in [6, 6.07) is 24.7. The van der Waals surface area contributed by atoms with Gasteiger partial charge in [-0.1, -0.05) is 48.0 Å². The molecule has 0 spiro atoms. The average molecular weight is 818 g/mol. The molecule has 0 bridgehead atoms. The maximum atomic E-state index is 13.0. The first-order valence-corrected chi connectivity index (χ1v) is 18.0. The number of nitrogen functional groups attached to an aromatic ring is 1. The van der Waals surface area contributed by atoms with Gasteiger partial charge in [-0.15, -0.1) is 0 Å². The zero-order valence-corrected chi connectivity index (χ0v) is 31.0. The van der Waals surface area contributed by atoms with Crippen LogP contribution in [0.3, 0.4) is 0 Å². The Morgan fingerprint density at radius 1 is 0.810 bits per heavy atom. The molecule has 1 aliphatic rings. The lowest BCUT2D eigenvalue weighted by molar-refractivity contribution is -0.154. The van der Waals surface area contributed by atoms with Gasteiger partial charge >= 0.3 is 30.0 Å². The summed E-state index contributed by atoms with van der Waals surface area (Å²) in [7, 11) is 0. The normalized spacial score (nSPS) is 13.4. The smallest absolute Gasteiger partial charge is 0.422 e. The Kier molecular flexibility index (Phi) is 12.3. The van der Waals surface area contributed by atoms with Crippen LogP contribution in [-0.4, -0.2) is 69.1 Å². The summed E-state index contributed by atoms with van der Waals surface area (Å²) in [5.41, 5.74) is 9.19. The Morgan fingerprint density at radius 3 is 2.02 bits per heavy atom. The molecule has 1 heterocycles. The minimum absolute atomic E-state index is 0.0460. The third kappa shape index (κ3) is 11.1. The molecule has 0 unspecified atom stereocenters. The predicted octanol–water partition coefficient (Wildman–Crippen LogP) is 5.89. The average Bonchev–Trinajstić information content (AvgIpc) is 3.97. The number of carbonyl (C=O) groups is 4. The SMILES string of the molecule is Nc1ccc(-c2ccc(NC(=O)C(=O)NCC[C@H](NC(=O)c3ccc(Nc4nc(NC5(c6ccc(Cl)cc6)CC5)nc(OCC(F)(F)F)n4)cc3)C(=O)O)cc2)cc1. The molecular formula is C39H35ClF3N9O6. The Labute approximate surface area is 333 Å². The van der Waals surface area contributed by atoms with Crippen LogP contribution in [0.5, 0.6) is 6.01 Å². The molecule has 8 N–H and O–H groups in total. The topological polar surface area (TPSA) is 223 Å². The van der Waals surface area contributed by atoms with Crippen molar-refractivity contribution in [2.75, 3.05) is 34.8 Å². The fraction of sp³-hybridized carbons (Fsp3) is 0.205. The van der Waals surface area contributed by atoms with Crippen LogP contribution in [0.1, 0.15) is 35.2 Å². The molecular weight excluding hydrogens is 783 g/mol. The van der Waals surface area contributed by atoms with Crippen LogP contribution >= 0.6 is 11.6 Å². The van der Waals surface area contributed by atoms with Gasteiger partial charge in [-0.05, 0) is 96.6 Å². The second-order valence-electron chi connectivity index (χ2n) is 13.1. The van der Waals surface area contributed by atoms with Crippen molar-refractivity contribution in [2.24, 2.45) is 0 Å². The van der Waals surface area contributed by atoms with E-state index >= 15 is 0 Å². The van der Waals surface area contributed by atoms with Crippen molar-refractivity contribution in [3.63, 3.8) is 0 Å². The molecule has 15 nitrogen and oxygen atoms in total. The monoisotopic (exact) mass is 817 g/mol. The van der Waals surface area contributed by atoms with Crippen molar-refractivity contribution in [3.8, 4) is 17.1 Å². The molecule has 0 aliphatic heterocycles. The standard InChI is InChI=1S/C39H35ClF3N9O6/c40-26-9-7-25(8-10-26)38(18-19-38)52-36-49-35(50-37(51-36)58-21-39(41,42)43)47-29-15-5-24(6-16-29)31(53)48-30(34(56)57)17-20-45-32(54)33(55)46-28-13-3-23(4-14-28)22-1-11-27(44)12-2-22/h1-16,30H,17-21,44H2,(H,45,54)(H,46,55)(H,48,53)(H,56,57)(H2,47,49,50,51,52)/t30-/m0/s1. The molecule has 4 aromatic carbocycles. The molecule has 0 saturated heterocycles. The number of rotatable bonds is 15. The van der Waals surface area contributed by atoms with Crippen molar-refractivity contribution in [1.82, 2.24) is 25.6 Å². The number of carboxylic acid groups (broad SMARTS) is 1. The number of anilines is 5. The largest absolute Gasteiger partial charge is 0.480 e. The van der Waals surface area contributed by atoms with Crippen molar-refractivity contribution >= 4 is 64.3 Å². The molecule has 1 atom stereocenters. The van der Waals surface area contributed by atoms with E-state index in [9.17, 15) is 37.5 Å². The molecule has 1 aliphatic carbocycles. The van der Waals surface area contributed by atoms with Gasteiger partial charge in [0.2, 0.25) is 11.9 Å². The number of nitrogens with zero attached hydrogens (tertiary/aromatic N) is 3. The predicted molar refractivity (Wildman–Crippen MR) is 209 cm³/mol. The highest BCUT2D eigenvalue weighted by Crippen LogP contribution is 2.48. The third-order valence-corrected chi connectivity index (χ3v) is 9.05. The number of ether oxygens (including phenoxy) is 1. The van der Waals surface area contributed by atoms with E-state index in [1.165, 1.54) is 24.3 Å². The van der Waals surface area contributed by atoms with E-state index < -0.39 is 54.1 Å². The highest BCUT2D eigenvalue weighted by molar-refractivity contribution is 6.39. The van der Waals surface area contributed by atoms with Crippen LogP contribution in [0.15, 0.2) is 97.1 Å². The van der Waals surface area contributed by atoms with Crippen LogP contribution in [0, 0.1) is 0 Å². The molecule has 1 saturated carbocycles. The summed E-state index contributed by atoms with van der Waals surface area (Å²) >= 11 is 6.03. The number of hydrogen-bond donors (Lipinski definition) is 7. The van der Waals surface area contributed by atoms with Gasteiger partial charge in [0.15, 0.2) is 6.61 Å². The minimum atomic E-state index is -4.65. The Bertz CT molecular complexity index is 2280. The lowest BCUT2D eigenvalue weighted by atomic mass is 10.1. The number of nitrogens with one attached hydrogen (secondary N) is 5. The van der Waals surface area contributed by atoms with Crippen LogP contribution < -0.4 is 37.1 Å². The summed E-state index contributed by atoms with van der Waals surface area (Å²) < 4.78 is 43.7. The van der Waals surface area contributed by atoms with E-state index in [0.717, 1.165) is 16.7 Å². The third-order valence-electron chi connectivity index (χ3n) is 8.80. The van der Waals surface area contributed by atoms with Crippen molar-refractivity contribution in [1.29, 1.82) is 0 Å². The van der Waals surface area contributed by atoms with E-state index in [1.54, 1.807) is 48.5 Å². The van der Waals surface area contributed by atoms with Crippen molar-refractivity contribution in [2.45, 2.75) is 37.0 Å². The number of hydrogen-bond acceptors (Lipinski definition) is 11. The fourth-order valence-electron chi connectivity index (χ4n) is 5.63. The number of alkyl halides is 3. The van der Waals surface area contributed by atoms with Crippen molar-refractivity contribution in [3.05, 3.63) is 113 Å². The maximum absolute atomic E-state index is 13.0. The first kappa shape index (κ1) is 40.7. The Hall–Kier alpha value is -6.95. The minimum Gasteiger partial charge on any atom is -0.480 e. The van der Waals surface area contributed by atoms with Crippen LogP contribution in [-0.2, 0) is 19.9 Å². The fourth-order valence-corrected chi connectivity index (χ4v) is 5.75. The lowest BCUT2D eigenvalue weighted by Gasteiger charge is -2.19. The maximum Gasteiger partial charge on any atom is 0.422 e. The molecule has 3 amide bonds. The number of halogens is 4. The summed E-state index contributed by atoms with van der Waals surface area (Å²) in [5, 5.41) is 23.5. The van der Waals surface area contributed by atoms with Crippen LogP contribution in [0.2, 0.25) is 5.02 Å². The van der Waals surface area contributed by atoms with E-state index in [2.05, 4.69) is 41.5 Å². The molecule has 1 fully saturated rings. The van der Waals surface area contributed by atoms with Gasteiger partial charge in [-0.2, -0.15) is 28.1 Å². The second-order valence-corrected chi connectivity index (χ2v) is 13.6. The highest BCUT2D eigenvalue weighted by atomic mass is 35.5. The number of carbonyl (C=O) groups excluding carboxylic acids is 3. The zero-order valence-electron chi connectivity index (χ0n) is 30.3.